The van der Waals surface area contributed by atoms with E-state index in [9.17, 15) is 4.79 Å². The highest BCUT2D eigenvalue weighted by molar-refractivity contribution is 5.94. The van der Waals surface area contributed by atoms with E-state index in [1.165, 1.54) is 0 Å². The fraction of sp³-hybridized carbons (Fsp3) is 0.190. The molecule has 134 valence electrons. The Kier molecular flexibility index (Phi) is 4.58. The van der Waals surface area contributed by atoms with Crippen LogP contribution in [-0.2, 0) is 19.6 Å². The van der Waals surface area contributed by atoms with Crippen molar-refractivity contribution in [3.63, 3.8) is 0 Å². The van der Waals surface area contributed by atoms with Gasteiger partial charge in [-0.1, -0.05) is 24.3 Å². The van der Waals surface area contributed by atoms with Gasteiger partial charge in [0.1, 0.15) is 11.5 Å². The molecule has 6 nitrogen and oxygen atoms in total. The third-order valence-corrected chi connectivity index (χ3v) is 4.41. The molecule has 3 aromatic rings. The molecule has 2 heterocycles. The molecule has 2 aromatic carbocycles. The van der Waals surface area contributed by atoms with E-state index in [-0.39, 0.29) is 12.5 Å². The summed E-state index contributed by atoms with van der Waals surface area (Å²) in [5, 5.41) is 9.01. The van der Waals surface area contributed by atoms with Crippen LogP contribution in [0, 0.1) is 11.3 Å². The summed E-state index contributed by atoms with van der Waals surface area (Å²) in [5.41, 5.74) is 1.85. The number of amides is 1. The summed E-state index contributed by atoms with van der Waals surface area (Å²) >= 11 is 0. The summed E-state index contributed by atoms with van der Waals surface area (Å²) in [6, 6.07) is 18.3. The molecule has 0 unspecified atom stereocenters. The zero-order chi connectivity index (χ0) is 18.6. The molecule has 0 saturated heterocycles. The molecule has 0 fully saturated rings. The molecule has 0 spiro atoms. The molecule has 0 N–H and O–H groups in total. The number of oxazole rings is 1. The monoisotopic (exact) mass is 359 g/mol. The number of nitriles is 1. The molecule has 27 heavy (non-hydrogen) atoms. The largest absolute Gasteiger partial charge is 0.484 e. The van der Waals surface area contributed by atoms with Crippen molar-refractivity contribution in [3.05, 3.63) is 83.1 Å². The minimum atomic E-state index is -0.115. The van der Waals surface area contributed by atoms with E-state index in [1.807, 2.05) is 30.3 Å². The first-order valence-electron chi connectivity index (χ1n) is 8.67. The topological polar surface area (TPSA) is 79.4 Å². The van der Waals surface area contributed by atoms with Gasteiger partial charge in [0, 0.05) is 18.5 Å². The Morgan fingerprint density at radius 3 is 2.89 bits per heavy atom. The zero-order valence-corrected chi connectivity index (χ0v) is 14.6. The molecule has 1 amide bonds. The smallest absolute Gasteiger partial charge is 0.254 e. The Bertz CT molecular complexity index is 1010. The minimum Gasteiger partial charge on any atom is -0.484 e. The number of hydrogen-bond acceptors (Lipinski definition) is 5. The van der Waals surface area contributed by atoms with Crippen molar-refractivity contribution in [3.8, 4) is 11.8 Å². The Morgan fingerprint density at radius 1 is 1.22 bits per heavy atom. The molecule has 0 bridgehead atoms. The molecule has 6 heteroatoms. The minimum absolute atomic E-state index is 0.115. The number of nitrogens with zero attached hydrogens (tertiary/aromatic N) is 3. The van der Waals surface area contributed by atoms with Gasteiger partial charge in [-0.05, 0) is 30.3 Å². The van der Waals surface area contributed by atoms with Gasteiger partial charge in [0.05, 0.1) is 23.9 Å². The van der Waals surface area contributed by atoms with E-state index in [0.717, 1.165) is 11.4 Å². The van der Waals surface area contributed by atoms with Crippen LogP contribution >= 0.6 is 0 Å². The maximum Gasteiger partial charge on any atom is 0.254 e. The van der Waals surface area contributed by atoms with Gasteiger partial charge in [0.25, 0.3) is 5.91 Å². The molecule has 0 saturated carbocycles. The van der Waals surface area contributed by atoms with E-state index in [2.05, 4.69) is 11.1 Å². The number of hydrogen-bond donors (Lipinski definition) is 0. The maximum atomic E-state index is 12.7. The SMILES string of the molecule is N#Cc1cccc(C(=O)N2CCc3nc(COc4ccccc4)oc3C2)c1. The van der Waals surface area contributed by atoms with E-state index in [4.69, 9.17) is 14.4 Å². The second-order valence-electron chi connectivity index (χ2n) is 6.25. The van der Waals surface area contributed by atoms with Crippen LogP contribution in [0.5, 0.6) is 5.75 Å². The van der Waals surface area contributed by atoms with E-state index in [0.29, 0.717) is 42.3 Å². The lowest BCUT2D eigenvalue weighted by Gasteiger charge is -2.25. The lowest BCUT2D eigenvalue weighted by Crippen LogP contribution is -2.35. The molecular weight excluding hydrogens is 342 g/mol. The Morgan fingerprint density at radius 2 is 2.07 bits per heavy atom. The van der Waals surface area contributed by atoms with Crippen molar-refractivity contribution in [1.29, 1.82) is 5.26 Å². The fourth-order valence-electron chi connectivity index (χ4n) is 3.05. The molecule has 1 aliphatic heterocycles. The standard InChI is InChI=1S/C21H17N3O3/c22-12-15-5-4-6-16(11-15)21(25)24-10-9-18-19(13-24)27-20(23-18)14-26-17-7-2-1-3-8-17/h1-8,11H,9-10,13-14H2. The number of benzene rings is 2. The molecule has 1 aliphatic rings. The third kappa shape index (κ3) is 3.67. The second kappa shape index (κ2) is 7.34. The van der Waals surface area contributed by atoms with Crippen LogP contribution in [0.3, 0.4) is 0 Å². The first kappa shape index (κ1) is 16.9. The fourth-order valence-corrected chi connectivity index (χ4v) is 3.05. The Labute approximate surface area is 156 Å². The third-order valence-electron chi connectivity index (χ3n) is 4.41. The first-order valence-corrected chi connectivity index (χ1v) is 8.67. The molecule has 0 radical (unpaired) electrons. The summed E-state index contributed by atoms with van der Waals surface area (Å²) in [4.78, 5) is 18.9. The van der Waals surface area contributed by atoms with Crippen LogP contribution in [0.15, 0.2) is 59.0 Å². The maximum absolute atomic E-state index is 12.7. The van der Waals surface area contributed by atoms with Crippen molar-refractivity contribution in [1.82, 2.24) is 9.88 Å². The van der Waals surface area contributed by atoms with Gasteiger partial charge in [-0.15, -0.1) is 0 Å². The molecular formula is C21H17N3O3. The van der Waals surface area contributed by atoms with Gasteiger partial charge in [-0.3, -0.25) is 4.79 Å². The van der Waals surface area contributed by atoms with Gasteiger partial charge in [0.2, 0.25) is 5.89 Å². The highest BCUT2D eigenvalue weighted by Gasteiger charge is 2.26. The molecule has 1 aromatic heterocycles. The predicted octanol–water partition coefficient (Wildman–Crippen LogP) is 3.32. The predicted molar refractivity (Wildman–Crippen MR) is 96.9 cm³/mol. The number of fused-ring (bicyclic) bond motifs is 1. The summed E-state index contributed by atoms with van der Waals surface area (Å²) < 4.78 is 11.5. The van der Waals surface area contributed by atoms with Crippen molar-refractivity contribution >= 4 is 5.91 Å². The molecule has 0 aliphatic carbocycles. The van der Waals surface area contributed by atoms with Gasteiger partial charge >= 0.3 is 0 Å². The number of para-hydroxylation sites is 1. The number of carbonyl (C=O) groups excluding carboxylic acids is 1. The van der Waals surface area contributed by atoms with E-state index >= 15 is 0 Å². The first-order chi connectivity index (χ1) is 13.2. The number of rotatable bonds is 4. The van der Waals surface area contributed by atoms with Crippen LogP contribution in [0.2, 0.25) is 0 Å². The summed E-state index contributed by atoms with van der Waals surface area (Å²) in [6.07, 6.45) is 0.633. The zero-order valence-electron chi connectivity index (χ0n) is 14.6. The van der Waals surface area contributed by atoms with Crippen LogP contribution in [-0.4, -0.2) is 22.3 Å². The average Bonchev–Trinajstić information content (AvgIpc) is 3.14. The number of ether oxygens (including phenoxy) is 1. The number of aromatic nitrogens is 1. The van der Waals surface area contributed by atoms with Crippen LogP contribution in [0.4, 0.5) is 0 Å². The van der Waals surface area contributed by atoms with Gasteiger partial charge in [-0.2, -0.15) is 5.26 Å². The number of carbonyl (C=O) groups is 1. The van der Waals surface area contributed by atoms with Crippen LogP contribution in [0.25, 0.3) is 0 Å². The summed E-state index contributed by atoms with van der Waals surface area (Å²) in [7, 11) is 0. The van der Waals surface area contributed by atoms with Gasteiger partial charge < -0.3 is 14.1 Å². The summed E-state index contributed by atoms with van der Waals surface area (Å²) in [5.74, 6) is 1.83. The molecule has 0 atom stereocenters. The van der Waals surface area contributed by atoms with Gasteiger partial charge in [-0.25, -0.2) is 4.98 Å². The van der Waals surface area contributed by atoms with Crippen molar-refractivity contribution < 1.29 is 13.9 Å². The van der Waals surface area contributed by atoms with Gasteiger partial charge in [0.15, 0.2) is 6.61 Å². The normalized spacial score (nSPS) is 12.9. The highest BCUT2D eigenvalue weighted by atomic mass is 16.5. The van der Waals surface area contributed by atoms with Crippen LogP contribution in [0.1, 0.15) is 33.3 Å². The highest BCUT2D eigenvalue weighted by Crippen LogP contribution is 2.22. The van der Waals surface area contributed by atoms with Crippen molar-refractivity contribution in [2.75, 3.05) is 6.54 Å². The lowest BCUT2D eigenvalue weighted by atomic mass is 10.1. The van der Waals surface area contributed by atoms with Crippen LogP contribution < -0.4 is 4.74 Å². The van der Waals surface area contributed by atoms with Crippen molar-refractivity contribution in [2.24, 2.45) is 0 Å². The Hall–Kier alpha value is -3.59. The lowest BCUT2D eigenvalue weighted by molar-refractivity contribution is 0.0718. The quantitative estimate of drug-likeness (QED) is 0.714. The van der Waals surface area contributed by atoms with E-state index < -0.39 is 0 Å². The second-order valence-corrected chi connectivity index (χ2v) is 6.25. The molecule has 4 rings (SSSR count). The summed E-state index contributed by atoms with van der Waals surface area (Å²) in [6.45, 7) is 1.17. The van der Waals surface area contributed by atoms with Crippen molar-refractivity contribution in [2.45, 2.75) is 19.6 Å². The van der Waals surface area contributed by atoms with E-state index in [1.54, 1.807) is 29.2 Å². The average molecular weight is 359 g/mol. The Balaban J connectivity index is 1.44.